The third-order valence-corrected chi connectivity index (χ3v) is 8.70. The molecule has 32 heavy (non-hydrogen) atoms. The highest BCUT2D eigenvalue weighted by molar-refractivity contribution is 7.89. The van der Waals surface area contributed by atoms with Gasteiger partial charge in [0.25, 0.3) is 5.69 Å². The van der Waals surface area contributed by atoms with Gasteiger partial charge in [-0.2, -0.15) is 8.61 Å². The van der Waals surface area contributed by atoms with E-state index in [1.54, 1.807) is 0 Å². The monoisotopic (exact) mass is 483 g/mol. The molecule has 3 rings (SSSR count). The van der Waals surface area contributed by atoms with Crippen molar-refractivity contribution in [1.29, 1.82) is 0 Å². The average Bonchev–Trinajstić information content (AvgIpc) is 2.79. The summed E-state index contributed by atoms with van der Waals surface area (Å²) in [6, 6.07) is 7.91. The molecule has 1 fully saturated rings. The molecule has 172 valence electrons. The molecule has 12 nitrogen and oxygen atoms in total. The van der Waals surface area contributed by atoms with Crippen LogP contribution in [0.2, 0.25) is 0 Å². The van der Waals surface area contributed by atoms with Crippen LogP contribution in [0, 0.1) is 10.1 Å². The highest BCUT2D eigenvalue weighted by Crippen LogP contribution is 2.27. The Bertz CT molecular complexity index is 1210. The molecule has 0 aliphatic carbocycles. The number of likely N-dealkylation sites (N-methyl/N-ethyl adjacent to an activating group) is 1. The van der Waals surface area contributed by atoms with Crippen molar-refractivity contribution in [2.75, 3.05) is 39.8 Å². The Morgan fingerprint density at radius 2 is 1.75 bits per heavy atom. The number of carbonyl (C=O) groups is 1. The van der Waals surface area contributed by atoms with Crippen LogP contribution >= 0.6 is 0 Å². The summed E-state index contributed by atoms with van der Waals surface area (Å²) in [6.45, 7) is -0.508. The number of amides is 1. The van der Waals surface area contributed by atoms with Crippen LogP contribution in [0.4, 0.5) is 5.69 Å². The molecule has 0 radical (unpaired) electrons. The van der Waals surface area contributed by atoms with Gasteiger partial charge in [0.1, 0.15) is 4.90 Å². The van der Waals surface area contributed by atoms with Crippen LogP contribution in [-0.2, 0) is 24.8 Å². The van der Waals surface area contributed by atoms with Crippen molar-refractivity contribution in [2.24, 2.45) is 0 Å². The van der Waals surface area contributed by atoms with Gasteiger partial charge in [-0.1, -0.05) is 12.1 Å². The lowest BCUT2D eigenvalue weighted by molar-refractivity contribution is -0.387. The fraction of sp³-hybridized carbons (Fsp3) is 0.333. The Kier molecular flexibility index (Phi) is 6.88. The van der Waals surface area contributed by atoms with Crippen molar-refractivity contribution in [3.8, 4) is 0 Å². The van der Waals surface area contributed by atoms with E-state index in [0.29, 0.717) is 0 Å². The maximum atomic E-state index is 12.9. The van der Waals surface area contributed by atoms with E-state index in [2.05, 4.69) is 4.98 Å². The van der Waals surface area contributed by atoms with Gasteiger partial charge in [-0.25, -0.2) is 16.8 Å². The third kappa shape index (κ3) is 4.77. The van der Waals surface area contributed by atoms with Crippen molar-refractivity contribution in [2.45, 2.75) is 9.79 Å². The van der Waals surface area contributed by atoms with Crippen LogP contribution in [0.1, 0.15) is 0 Å². The van der Waals surface area contributed by atoms with E-state index in [0.717, 1.165) is 14.7 Å². The number of carbonyl (C=O) groups excluding carboxylic acids is 1. The predicted octanol–water partition coefficient (Wildman–Crippen LogP) is 0.143. The highest BCUT2D eigenvalue weighted by Gasteiger charge is 2.35. The number of benzene rings is 1. The highest BCUT2D eigenvalue weighted by atomic mass is 32.2. The molecule has 0 atom stereocenters. The minimum Gasteiger partial charge on any atom is -0.339 e. The van der Waals surface area contributed by atoms with E-state index in [1.807, 2.05) is 0 Å². The van der Waals surface area contributed by atoms with E-state index in [4.69, 9.17) is 0 Å². The summed E-state index contributed by atoms with van der Waals surface area (Å²) in [7, 11) is -6.76. The summed E-state index contributed by atoms with van der Waals surface area (Å²) in [4.78, 5) is 27.7. The van der Waals surface area contributed by atoms with E-state index in [9.17, 15) is 31.7 Å². The zero-order chi connectivity index (χ0) is 23.5. The fourth-order valence-electron chi connectivity index (χ4n) is 3.20. The van der Waals surface area contributed by atoms with Crippen LogP contribution in [0.5, 0.6) is 0 Å². The van der Waals surface area contributed by atoms with Crippen LogP contribution in [0.25, 0.3) is 0 Å². The smallest absolute Gasteiger partial charge is 0.289 e. The van der Waals surface area contributed by atoms with E-state index in [-0.39, 0.29) is 31.1 Å². The number of pyridine rings is 1. The van der Waals surface area contributed by atoms with Gasteiger partial charge < -0.3 is 4.90 Å². The Morgan fingerprint density at radius 3 is 2.34 bits per heavy atom. The molecule has 1 aromatic carbocycles. The maximum Gasteiger partial charge on any atom is 0.289 e. The first kappa shape index (κ1) is 23.7. The number of para-hydroxylation sites is 1. The summed E-state index contributed by atoms with van der Waals surface area (Å²) >= 11 is 0. The van der Waals surface area contributed by atoms with Gasteiger partial charge in [0.05, 0.1) is 11.5 Å². The first-order valence-corrected chi connectivity index (χ1v) is 12.3. The number of hydrogen-bond acceptors (Lipinski definition) is 8. The SMILES string of the molecule is CN(CC(=O)N1CCN(S(=O)(=O)c2ccccc2[N+](=O)[O-])CC1)S(=O)(=O)c1cccnc1. The quantitative estimate of drug-likeness (QED) is 0.398. The van der Waals surface area contributed by atoms with Gasteiger partial charge >= 0.3 is 0 Å². The number of nitro benzene ring substituents is 1. The molecule has 14 heteroatoms. The number of aromatic nitrogens is 1. The van der Waals surface area contributed by atoms with Gasteiger partial charge in [0.15, 0.2) is 4.90 Å². The van der Waals surface area contributed by atoms with Gasteiger partial charge in [-0.3, -0.25) is 19.9 Å². The van der Waals surface area contributed by atoms with Gasteiger partial charge in [-0.05, 0) is 18.2 Å². The molecule has 2 aromatic rings. The molecule has 0 spiro atoms. The standard InChI is InChI=1S/C18H21N5O7S2/c1-20(31(27,28)15-5-4-8-19-13-15)14-18(24)21-9-11-22(12-10-21)32(29,30)17-7-3-2-6-16(17)23(25)26/h2-8,13H,9-12,14H2,1H3. The molecular weight excluding hydrogens is 462 g/mol. The summed E-state index contributed by atoms with van der Waals surface area (Å²) in [5, 5.41) is 11.2. The van der Waals surface area contributed by atoms with E-state index < -0.39 is 48.0 Å². The predicted molar refractivity (Wildman–Crippen MR) is 112 cm³/mol. The molecule has 0 saturated carbocycles. The summed E-state index contributed by atoms with van der Waals surface area (Å²) in [5.41, 5.74) is -0.520. The number of piperazine rings is 1. The lowest BCUT2D eigenvalue weighted by atomic mass is 10.3. The Morgan fingerprint density at radius 1 is 1.09 bits per heavy atom. The molecule has 0 N–H and O–H groups in total. The van der Waals surface area contributed by atoms with E-state index in [1.165, 1.54) is 54.7 Å². The molecular formula is C18H21N5O7S2. The fourth-order valence-corrected chi connectivity index (χ4v) is 5.86. The van der Waals surface area contributed by atoms with Crippen LogP contribution in [0.15, 0.2) is 58.6 Å². The van der Waals surface area contributed by atoms with E-state index >= 15 is 0 Å². The largest absolute Gasteiger partial charge is 0.339 e. The first-order valence-electron chi connectivity index (χ1n) is 9.43. The molecule has 1 aliphatic heterocycles. The number of nitrogens with zero attached hydrogens (tertiary/aromatic N) is 5. The summed E-state index contributed by atoms with van der Waals surface area (Å²) in [6.07, 6.45) is 2.62. The van der Waals surface area contributed by atoms with Crippen LogP contribution in [0.3, 0.4) is 0 Å². The third-order valence-electron chi connectivity index (χ3n) is 4.97. The molecule has 1 amide bonds. The molecule has 1 aliphatic rings. The minimum atomic E-state index is -4.13. The lowest BCUT2D eigenvalue weighted by Crippen LogP contribution is -2.52. The zero-order valence-electron chi connectivity index (χ0n) is 17.1. The second-order valence-electron chi connectivity index (χ2n) is 6.96. The summed E-state index contributed by atoms with van der Waals surface area (Å²) in [5.74, 6) is -0.484. The molecule has 1 aromatic heterocycles. The summed E-state index contributed by atoms with van der Waals surface area (Å²) < 4.78 is 52.8. The Balaban J connectivity index is 1.66. The maximum absolute atomic E-state index is 12.9. The topological polar surface area (TPSA) is 151 Å². The van der Waals surface area contributed by atoms with Crippen molar-refractivity contribution >= 4 is 31.6 Å². The number of rotatable bonds is 7. The van der Waals surface area contributed by atoms with Gasteiger partial charge in [-0.15, -0.1) is 0 Å². The second kappa shape index (κ2) is 9.28. The van der Waals surface area contributed by atoms with Crippen molar-refractivity contribution in [3.63, 3.8) is 0 Å². The van der Waals surface area contributed by atoms with Gasteiger partial charge in [0.2, 0.25) is 26.0 Å². The average molecular weight is 484 g/mol. The number of nitro groups is 1. The normalized spacial score (nSPS) is 15.6. The Hall–Kier alpha value is -2.94. The van der Waals surface area contributed by atoms with Crippen LogP contribution < -0.4 is 0 Å². The molecule has 0 unspecified atom stereocenters. The number of sulfonamides is 2. The van der Waals surface area contributed by atoms with Crippen molar-refractivity contribution < 1.29 is 26.6 Å². The van der Waals surface area contributed by atoms with Crippen LogP contribution in [-0.4, -0.2) is 85.9 Å². The lowest BCUT2D eigenvalue weighted by Gasteiger charge is -2.34. The second-order valence-corrected chi connectivity index (χ2v) is 10.9. The Labute approximate surface area is 185 Å². The van der Waals surface area contributed by atoms with Crippen molar-refractivity contribution in [1.82, 2.24) is 18.5 Å². The van der Waals surface area contributed by atoms with Crippen molar-refractivity contribution in [3.05, 3.63) is 58.9 Å². The number of hydrogen-bond donors (Lipinski definition) is 0. The van der Waals surface area contributed by atoms with Gasteiger partial charge in [0, 0.05) is 51.7 Å². The zero-order valence-corrected chi connectivity index (χ0v) is 18.7. The molecule has 1 saturated heterocycles. The minimum absolute atomic E-state index is 0.0273. The first-order chi connectivity index (χ1) is 15.0. The molecule has 2 heterocycles. The molecule has 0 bridgehead atoms.